The van der Waals surface area contributed by atoms with E-state index in [0.717, 1.165) is 17.3 Å². The lowest BCUT2D eigenvalue weighted by Gasteiger charge is -2.47. The van der Waals surface area contributed by atoms with Crippen LogP contribution in [0.5, 0.6) is 0 Å². The highest BCUT2D eigenvalue weighted by atomic mass is 14.4. The van der Waals surface area contributed by atoms with Gasteiger partial charge in [0.25, 0.3) is 0 Å². The normalized spacial score (nSPS) is 23.8. The molecule has 0 heteroatoms. The van der Waals surface area contributed by atoms with Gasteiger partial charge in [0.05, 0.1) is 0 Å². The molecule has 0 bridgehead atoms. The van der Waals surface area contributed by atoms with Crippen molar-refractivity contribution in [2.24, 2.45) is 17.3 Å². The van der Waals surface area contributed by atoms with E-state index < -0.39 is 0 Å². The first-order chi connectivity index (χ1) is 5.60. The highest BCUT2D eigenvalue weighted by molar-refractivity contribution is 4.90. The number of rotatable bonds is 4. The Morgan fingerprint density at radius 2 is 1.75 bits per heavy atom. The molecule has 72 valence electrons. The summed E-state index contributed by atoms with van der Waals surface area (Å²) in [7, 11) is 0. The second-order valence-electron chi connectivity index (χ2n) is 5.10. The first-order valence-corrected chi connectivity index (χ1v) is 5.60. The van der Waals surface area contributed by atoms with Gasteiger partial charge in [-0.1, -0.05) is 40.5 Å². The van der Waals surface area contributed by atoms with Gasteiger partial charge >= 0.3 is 0 Å². The van der Waals surface area contributed by atoms with Crippen LogP contribution in [-0.4, -0.2) is 0 Å². The van der Waals surface area contributed by atoms with Crippen LogP contribution in [0.2, 0.25) is 0 Å². The summed E-state index contributed by atoms with van der Waals surface area (Å²) in [6, 6.07) is 0. The summed E-state index contributed by atoms with van der Waals surface area (Å²) in [5.41, 5.74) is 0.754. The average Bonchev–Trinajstić information content (AvgIpc) is 1.83. The lowest BCUT2D eigenvalue weighted by molar-refractivity contribution is 0.0419. The van der Waals surface area contributed by atoms with Gasteiger partial charge in [-0.2, -0.15) is 0 Å². The third kappa shape index (κ3) is 1.84. The SMILES string of the molecule is CCC1(C(C)CC(C)C)CCC1. The summed E-state index contributed by atoms with van der Waals surface area (Å²) < 4.78 is 0. The van der Waals surface area contributed by atoms with E-state index in [-0.39, 0.29) is 0 Å². The van der Waals surface area contributed by atoms with Crippen LogP contribution in [0.25, 0.3) is 0 Å². The van der Waals surface area contributed by atoms with Gasteiger partial charge in [-0.3, -0.25) is 0 Å². The second-order valence-corrected chi connectivity index (χ2v) is 5.10. The maximum atomic E-state index is 2.46. The molecule has 0 amide bonds. The second kappa shape index (κ2) is 3.81. The molecular weight excluding hydrogens is 144 g/mol. The van der Waals surface area contributed by atoms with Crippen molar-refractivity contribution in [3.05, 3.63) is 0 Å². The van der Waals surface area contributed by atoms with Crippen molar-refractivity contribution in [1.29, 1.82) is 0 Å². The van der Waals surface area contributed by atoms with E-state index in [4.69, 9.17) is 0 Å². The Morgan fingerprint density at radius 1 is 1.17 bits per heavy atom. The van der Waals surface area contributed by atoms with Gasteiger partial charge in [-0.15, -0.1) is 0 Å². The Labute approximate surface area is 77.7 Å². The van der Waals surface area contributed by atoms with Crippen LogP contribution < -0.4 is 0 Å². The quantitative estimate of drug-likeness (QED) is 0.588. The molecule has 1 fully saturated rings. The molecular formula is C12H24. The molecule has 0 aromatic heterocycles. The fraction of sp³-hybridized carbons (Fsp3) is 1.00. The molecule has 0 nitrogen and oxygen atoms in total. The Hall–Kier alpha value is 0. The zero-order chi connectivity index (χ0) is 9.19. The van der Waals surface area contributed by atoms with Gasteiger partial charge in [0.2, 0.25) is 0 Å². The molecule has 0 aromatic rings. The monoisotopic (exact) mass is 168 g/mol. The zero-order valence-electron chi connectivity index (χ0n) is 9.19. The van der Waals surface area contributed by atoms with Crippen LogP contribution in [0.15, 0.2) is 0 Å². The van der Waals surface area contributed by atoms with E-state index in [9.17, 15) is 0 Å². The van der Waals surface area contributed by atoms with Crippen LogP contribution in [0.3, 0.4) is 0 Å². The average molecular weight is 168 g/mol. The fourth-order valence-corrected chi connectivity index (χ4v) is 2.78. The summed E-state index contributed by atoms with van der Waals surface area (Å²) in [4.78, 5) is 0. The smallest absolute Gasteiger partial charge is 0.0274 e. The molecule has 1 aliphatic rings. The van der Waals surface area contributed by atoms with Gasteiger partial charge in [0, 0.05) is 0 Å². The van der Waals surface area contributed by atoms with Crippen molar-refractivity contribution >= 4 is 0 Å². The van der Waals surface area contributed by atoms with Crippen LogP contribution in [0, 0.1) is 17.3 Å². The Balaban J connectivity index is 2.43. The molecule has 1 atom stereocenters. The van der Waals surface area contributed by atoms with E-state index in [1.165, 1.54) is 32.1 Å². The van der Waals surface area contributed by atoms with E-state index in [2.05, 4.69) is 27.7 Å². The minimum Gasteiger partial charge on any atom is -0.0648 e. The topological polar surface area (TPSA) is 0 Å². The first kappa shape index (κ1) is 10.1. The van der Waals surface area contributed by atoms with Crippen molar-refractivity contribution in [3.8, 4) is 0 Å². The van der Waals surface area contributed by atoms with Crippen LogP contribution >= 0.6 is 0 Å². The van der Waals surface area contributed by atoms with Crippen molar-refractivity contribution in [2.75, 3.05) is 0 Å². The molecule has 0 radical (unpaired) electrons. The molecule has 0 aliphatic heterocycles. The summed E-state index contributed by atoms with van der Waals surface area (Å²) in [5.74, 6) is 1.83. The standard InChI is InChI=1S/C12H24/c1-5-12(7-6-8-12)11(4)9-10(2)3/h10-11H,5-9H2,1-4H3. The summed E-state index contributed by atoms with van der Waals surface area (Å²) in [6.07, 6.45) is 7.31. The lowest BCUT2D eigenvalue weighted by Crippen LogP contribution is -2.36. The fourth-order valence-electron chi connectivity index (χ4n) is 2.78. The largest absolute Gasteiger partial charge is 0.0648 e. The predicted molar refractivity (Wildman–Crippen MR) is 55.2 cm³/mol. The van der Waals surface area contributed by atoms with Gasteiger partial charge < -0.3 is 0 Å². The highest BCUT2D eigenvalue weighted by Gasteiger charge is 2.39. The Bertz CT molecular complexity index is 125. The summed E-state index contributed by atoms with van der Waals surface area (Å²) in [6.45, 7) is 9.52. The third-order valence-corrected chi connectivity index (χ3v) is 3.92. The molecule has 1 aliphatic carbocycles. The van der Waals surface area contributed by atoms with Gasteiger partial charge in [-0.25, -0.2) is 0 Å². The van der Waals surface area contributed by atoms with Crippen LogP contribution in [0.1, 0.15) is 59.8 Å². The minimum atomic E-state index is 0.754. The highest BCUT2D eigenvalue weighted by Crippen LogP contribution is 2.51. The molecule has 0 spiro atoms. The molecule has 1 saturated carbocycles. The maximum Gasteiger partial charge on any atom is -0.0274 e. The molecule has 0 aromatic carbocycles. The molecule has 0 saturated heterocycles. The van der Waals surface area contributed by atoms with E-state index >= 15 is 0 Å². The van der Waals surface area contributed by atoms with Crippen molar-refractivity contribution in [1.82, 2.24) is 0 Å². The Morgan fingerprint density at radius 3 is 2.00 bits per heavy atom. The molecule has 0 N–H and O–H groups in total. The third-order valence-electron chi connectivity index (χ3n) is 3.92. The van der Waals surface area contributed by atoms with Crippen molar-refractivity contribution in [3.63, 3.8) is 0 Å². The maximum absolute atomic E-state index is 2.46. The number of hydrogen-bond acceptors (Lipinski definition) is 0. The van der Waals surface area contributed by atoms with Gasteiger partial charge in [-0.05, 0) is 36.5 Å². The minimum absolute atomic E-state index is 0.754. The number of hydrogen-bond donors (Lipinski definition) is 0. The molecule has 12 heavy (non-hydrogen) atoms. The van der Waals surface area contributed by atoms with E-state index in [0.29, 0.717) is 0 Å². The van der Waals surface area contributed by atoms with Gasteiger partial charge in [0.1, 0.15) is 0 Å². The van der Waals surface area contributed by atoms with E-state index in [1.807, 2.05) is 0 Å². The Kier molecular flexibility index (Phi) is 3.20. The summed E-state index contributed by atoms with van der Waals surface area (Å²) >= 11 is 0. The van der Waals surface area contributed by atoms with Crippen LogP contribution in [0.4, 0.5) is 0 Å². The van der Waals surface area contributed by atoms with Gasteiger partial charge in [0.15, 0.2) is 0 Å². The lowest BCUT2D eigenvalue weighted by atomic mass is 9.58. The van der Waals surface area contributed by atoms with Crippen LogP contribution in [-0.2, 0) is 0 Å². The zero-order valence-corrected chi connectivity index (χ0v) is 9.19. The summed E-state index contributed by atoms with van der Waals surface area (Å²) in [5, 5.41) is 0. The molecule has 1 rings (SSSR count). The molecule has 1 unspecified atom stereocenters. The predicted octanol–water partition coefficient (Wildman–Crippen LogP) is 4.25. The van der Waals surface area contributed by atoms with E-state index in [1.54, 1.807) is 0 Å². The van der Waals surface area contributed by atoms with Crippen molar-refractivity contribution < 1.29 is 0 Å². The van der Waals surface area contributed by atoms with Crippen molar-refractivity contribution in [2.45, 2.75) is 59.8 Å². The molecule has 0 heterocycles. The first-order valence-electron chi connectivity index (χ1n) is 5.60.